The molecule has 0 unspecified atom stereocenters. The second kappa shape index (κ2) is 6.64. The predicted octanol–water partition coefficient (Wildman–Crippen LogP) is 4.25. The van der Waals surface area contributed by atoms with Gasteiger partial charge in [-0.25, -0.2) is 4.79 Å². The Hall–Kier alpha value is -2.00. The molecule has 0 aliphatic carbocycles. The van der Waals surface area contributed by atoms with Gasteiger partial charge in [0.1, 0.15) is 11.5 Å². The minimum atomic E-state index is -0.445. The second-order valence-electron chi connectivity index (χ2n) is 5.00. The van der Waals surface area contributed by atoms with Gasteiger partial charge in [0.05, 0.1) is 0 Å². The van der Waals surface area contributed by atoms with Crippen molar-refractivity contribution in [3.8, 4) is 11.5 Å². The van der Waals surface area contributed by atoms with Gasteiger partial charge >= 0.3 is 5.97 Å². The molecule has 110 valence electrons. The quantitative estimate of drug-likeness (QED) is 0.626. The molecule has 2 aromatic carbocycles. The third-order valence-corrected chi connectivity index (χ3v) is 3.15. The topological polar surface area (TPSA) is 35.5 Å². The minimum absolute atomic E-state index is 0.134. The molecule has 0 spiro atoms. The van der Waals surface area contributed by atoms with Gasteiger partial charge in [-0.2, -0.15) is 0 Å². The van der Waals surface area contributed by atoms with Crippen LogP contribution in [0.4, 0.5) is 0 Å². The minimum Gasteiger partial charge on any atom is -0.482 e. The fourth-order valence-electron chi connectivity index (χ4n) is 2.04. The summed E-state index contributed by atoms with van der Waals surface area (Å²) in [5.74, 6) is 0.713. The van der Waals surface area contributed by atoms with E-state index in [4.69, 9.17) is 21.1 Å². The number of halogens is 1. The van der Waals surface area contributed by atoms with Crippen LogP contribution >= 0.6 is 11.6 Å². The summed E-state index contributed by atoms with van der Waals surface area (Å²) in [5, 5.41) is 0.610. The molecule has 0 saturated heterocycles. The zero-order valence-electron chi connectivity index (χ0n) is 12.3. The van der Waals surface area contributed by atoms with Crippen molar-refractivity contribution in [1.82, 2.24) is 0 Å². The summed E-state index contributed by atoms with van der Waals surface area (Å²) in [7, 11) is 0. The average molecular weight is 305 g/mol. The zero-order valence-corrected chi connectivity index (χ0v) is 13.0. The van der Waals surface area contributed by atoms with Crippen molar-refractivity contribution in [1.29, 1.82) is 0 Å². The maximum Gasteiger partial charge on any atom is 0.349 e. The van der Waals surface area contributed by atoms with Crippen molar-refractivity contribution in [3.05, 3.63) is 58.1 Å². The van der Waals surface area contributed by atoms with E-state index in [0.29, 0.717) is 16.5 Å². The van der Waals surface area contributed by atoms with Crippen LogP contribution in [0.3, 0.4) is 0 Å². The van der Waals surface area contributed by atoms with Crippen molar-refractivity contribution in [2.75, 3.05) is 6.61 Å². The molecular formula is C17H17ClO3. The SMILES string of the molecule is Cc1cc(C)cc(OCC(=O)Oc2ccc(Cl)cc2C)c1. The molecule has 4 heteroatoms. The van der Waals surface area contributed by atoms with E-state index in [-0.39, 0.29) is 6.61 Å². The Balaban J connectivity index is 1.95. The Morgan fingerprint density at radius 2 is 1.71 bits per heavy atom. The molecule has 0 N–H and O–H groups in total. The zero-order chi connectivity index (χ0) is 15.4. The highest BCUT2D eigenvalue weighted by Gasteiger charge is 2.09. The number of hydrogen-bond acceptors (Lipinski definition) is 3. The molecule has 0 fully saturated rings. The number of esters is 1. The van der Waals surface area contributed by atoms with Gasteiger partial charge in [0.2, 0.25) is 0 Å². The normalized spacial score (nSPS) is 10.3. The van der Waals surface area contributed by atoms with Crippen LogP contribution in [0.5, 0.6) is 11.5 Å². The third-order valence-electron chi connectivity index (χ3n) is 2.91. The maximum atomic E-state index is 11.8. The molecule has 21 heavy (non-hydrogen) atoms. The molecule has 0 aliphatic heterocycles. The van der Waals surface area contributed by atoms with E-state index in [9.17, 15) is 4.79 Å². The van der Waals surface area contributed by atoms with Gasteiger partial charge in [0.15, 0.2) is 6.61 Å². The molecule has 0 radical (unpaired) electrons. The molecule has 0 bridgehead atoms. The van der Waals surface area contributed by atoms with Crippen LogP contribution in [0, 0.1) is 20.8 Å². The standard InChI is InChI=1S/C17H17ClO3/c1-11-6-12(2)8-15(7-11)20-10-17(19)21-16-5-4-14(18)9-13(16)3/h4-9H,10H2,1-3H3. The molecule has 0 amide bonds. The molecule has 2 aromatic rings. The highest BCUT2D eigenvalue weighted by molar-refractivity contribution is 6.30. The molecular weight excluding hydrogens is 288 g/mol. The molecule has 0 saturated carbocycles. The van der Waals surface area contributed by atoms with Crippen LogP contribution in [0.25, 0.3) is 0 Å². The predicted molar refractivity (Wildman–Crippen MR) is 83.2 cm³/mol. The molecule has 0 aliphatic rings. The molecule has 0 heterocycles. The fourth-order valence-corrected chi connectivity index (χ4v) is 2.26. The van der Waals surface area contributed by atoms with Crippen LogP contribution < -0.4 is 9.47 Å². The number of carbonyl (C=O) groups excluding carboxylic acids is 1. The van der Waals surface area contributed by atoms with Crippen molar-refractivity contribution < 1.29 is 14.3 Å². The second-order valence-corrected chi connectivity index (χ2v) is 5.43. The van der Waals surface area contributed by atoms with Crippen LogP contribution in [-0.4, -0.2) is 12.6 Å². The molecule has 0 aromatic heterocycles. The van der Waals surface area contributed by atoms with Crippen molar-refractivity contribution in [3.63, 3.8) is 0 Å². The Morgan fingerprint density at radius 3 is 2.33 bits per heavy atom. The van der Waals surface area contributed by atoms with Crippen LogP contribution in [0.1, 0.15) is 16.7 Å². The van der Waals surface area contributed by atoms with Crippen LogP contribution in [0.15, 0.2) is 36.4 Å². The summed E-state index contributed by atoms with van der Waals surface area (Å²) in [6.07, 6.45) is 0. The first kappa shape index (κ1) is 15.4. The first-order valence-electron chi connectivity index (χ1n) is 6.62. The van der Waals surface area contributed by atoms with Crippen LogP contribution in [0.2, 0.25) is 5.02 Å². The summed E-state index contributed by atoms with van der Waals surface area (Å²) in [5.41, 5.74) is 2.99. The smallest absolute Gasteiger partial charge is 0.349 e. The van der Waals surface area contributed by atoms with Gasteiger partial charge in [-0.15, -0.1) is 0 Å². The summed E-state index contributed by atoms with van der Waals surface area (Å²) in [6, 6.07) is 10.9. The lowest BCUT2D eigenvalue weighted by Crippen LogP contribution is -2.18. The Bertz CT molecular complexity index is 645. The van der Waals surface area contributed by atoms with E-state index in [1.807, 2.05) is 39.0 Å². The summed E-state index contributed by atoms with van der Waals surface area (Å²) < 4.78 is 10.7. The Kier molecular flexibility index (Phi) is 4.86. The summed E-state index contributed by atoms with van der Waals surface area (Å²) in [6.45, 7) is 5.66. The van der Waals surface area contributed by atoms with Crippen molar-refractivity contribution in [2.24, 2.45) is 0 Å². The number of hydrogen-bond donors (Lipinski definition) is 0. The van der Waals surface area contributed by atoms with Gasteiger partial charge in [-0.05, 0) is 67.8 Å². The summed E-state index contributed by atoms with van der Waals surface area (Å²) >= 11 is 5.86. The lowest BCUT2D eigenvalue weighted by Gasteiger charge is -2.10. The van der Waals surface area contributed by atoms with Gasteiger partial charge in [0.25, 0.3) is 0 Å². The van der Waals surface area contributed by atoms with Gasteiger partial charge in [0, 0.05) is 5.02 Å². The third kappa shape index (κ3) is 4.50. The van der Waals surface area contributed by atoms with E-state index >= 15 is 0 Å². The first-order chi connectivity index (χ1) is 9.94. The Labute approximate surface area is 129 Å². The van der Waals surface area contributed by atoms with Gasteiger partial charge < -0.3 is 9.47 Å². The first-order valence-corrected chi connectivity index (χ1v) is 7.00. The lowest BCUT2D eigenvalue weighted by molar-refractivity contribution is -0.136. The monoisotopic (exact) mass is 304 g/mol. The largest absolute Gasteiger partial charge is 0.482 e. The van der Waals surface area contributed by atoms with Gasteiger partial charge in [-0.3, -0.25) is 0 Å². The van der Waals surface area contributed by atoms with Gasteiger partial charge in [-0.1, -0.05) is 17.7 Å². The Morgan fingerprint density at radius 1 is 1.05 bits per heavy atom. The van der Waals surface area contributed by atoms with Crippen molar-refractivity contribution >= 4 is 17.6 Å². The van der Waals surface area contributed by atoms with E-state index < -0.39 is 5.97 Å². The number of carbonyl (C=O) groups is 1. The number of aryl methyl sites for hydroxylation is 3. The molecule has 0 atom stereocenters. The number of benzene rings is 2. The van der Waals surface area contributed by atoms with E-state index in [1.165, 1.54) is 0 Å². The van der Waals surface area contributed by atoms with E-state index in [1.54, 1.807) is 18.2 Å². The average Bonchev–Trinajstić information content (AvgIpc) is 2.39. The highest BCUT2D eigenvalue weighted by atomic mass is 35.5. The molecule has 2 rings (SSSR count). The van der Waals surface area contributed by atoms with Crippen LogP contribution in [-0.2, 0) is 4.79 Å². The number of rotatable bonds is 4. The van der Waals surface area contributed by atoms with E-state index in [0.717, 1.165) is 16.7 Å². The fraction of sp³-hybridized carbons (Fsp3) is 0.235. The maximum absolute atomic E-state index is 11.8. The number of ether oxygens (including phenoxy) is 2. The van der Waals surface area contributed by atoms with Crippen molar-refractivity contribution in [2.45, 2.75) is 20.8 Å². The molecule has 3 nitrogen and oxygen atoms in total. The summed E-state index contributed by atoms with van der Waals surface area (Å²) in [4.78, 5) is 11.8. The lowest BCUT2D eigenvalue weighted by atomic mass is 10.1. The van der Waals surface area contributed by atoms with E-state index in [2.05, 4.69) is 0 Å². The highest BCUT2D eigenvalue weighted by Crippen LogP contribution is 2.22.